The van der Waals surface area contributed by atoms with Crippen LogP contribution in [0.2, 0.25) is 10.0 Å². The lowest BCUT2D eigenvalue weighted by atomic mass is 9.96. The third kappa shape index (κ3) is 3.41. The molecular weight excluding hydrogens is 478 g/mol. The first-order valence-electron chi connectivity index (χ1n) is 9.02. The highest BCUT2D eigenvalue weighted by Crippen LogP contribution is 2.49. The molecule has 0 aliphatic carbocycles. The molecule has 2 atom stereocenters. The molecule has 0 unspecified atom stereocenters. The van der Waals surface area contributed by atoms with Gasteiger partial charge >= 0.3 is 0 Å². The third-order valence-electron chi connectivity index (χ3n) is 5.16. The van der Waals surface area contributed by atoms with Crippen molar-refractivity contribution >= 4 is 44.8 Å². The zero-order valence-corrected chi connectivity index (χ0v) is 18.0. The van der Waals surface area contributed by atoms with E-state index in [2.05, 4.69) is 22.0 Å². The minimum absolute atomic E-state index is 0.0203. The summed E-state index contributed by atoms with van der Waals surface area (Å²) in [4.78, 5) is 0. The molecule has 0 saturated carbocycles. The van der Waals surface area contributed by atoms with E-state index in [0.29, 0.717) is 16.5 Å². The molecule has 2 aliphatic rings. The maximum atomic E-state index is 13.4. The zero-order valence-electron chi connectivity index (χ0n) is 14.9. The van der Waals surface area contributed by atoms with Crippen LogP contribution < -0.4 is 4.74 Å². The highest BCUT2D eigenvalue weighted by Gasteiger charge is 2.41. The Bertz CT molecular complexity index is 1140. The molecule has 5 rings (SSSR count). The van der Waals surface area contributed by atoms with Gasteiger partial charge in [0.15, 0.2) is 0 Å². The van der Waals surface area contributed by atoms with Gasteiger partial charge in [0.05, 0.1) is 16.8 Å². The molecule has 2 heterocycles. The van der Waals surface area contributed by atoms with Crippen molar-refractivity contribution in [2.45, 2.75) is 18.7 Å². The van der Waals surface area contributed by atoms with E-state index in [4.69, 9.17) is 33.0 Å². The molecule has 3 nitrogen and oxygen atoms in total. The van der Waals surface area contributed by atoms with Crippen LogP contribution in [0.25, 0.3) is 0 Å². The van der Waals surface area contributed by atoms with E-state index in [1.54, 1.807) is 24.3 Å². The lowest BCUT2D eigenvalue weighted by Gasteiger charge is -2.38. The molecule has 7 heteroatoms. The normalized spacial score (nSPS) is 20.0. The van der Waals surface area contributed by atoms with Gasteiger partial charge in [0.25, 0.3) is 0 Å². The van der Waals surface area contributed by atoms with Crippen LogP contribution in [0.5, 0.6) is 5.75 Å². The largest absolute Gasteiger partial charge is 0.464 e. The van der Waals surface area contributed by atoms with E-state index >= 15 is 0 Å². The number of hydrogen-bond donors (Lipinski definition) is 0. The standard InChI is InChI=1S/C22H14BrCl2FN2O/c23-13-3-8-21-17(9-13)20-11-19(12-1-5-15(26)6-2-12)27-28(20)22(29-21)16-7-4-14(24)10-18(16)25/h1-10,20,22H,11H2/t20-,22+/m0/s1. The molecule has 0 saturated heterocycles. The first kappa shape index (κ1) is 18.9. The van der Waals surface area contributed by atoms with Crippen molar-refractivity contribution in [1.82, 2.24) is 5.01 Å². The van der Waals surface area contributed by atoms with Crippen LogP contribution in [0.1, 0.15) is 35.4 Å². The van der Waals surface area contributed by atoms with Crippen molar-refractivity contribution in [3.05, 3.63) is 97.7 Å². The summed E-state index contributed by atoms with van der Waals surface area (Å²) in [5, 5.41) is 7.87. The molecular formula is C22H14BrCl2FN2O. The number of halogens is 4. The second-order valence-corrected chi connectivity index (χ2v) is 8.73. The van der Waals surface area contributed by atoms with Gasteiger partial charge in [0.1, 0.15) is 11.6 Å². The molecule has 3 aromatic rings. The SMILES string of the molecule is Fc1ccc(C2=NN3[C@@H](c4ccc(Cl)cc4Cl)Oc4ccc(Br)cc4[C@@H]3C2)cc1. The van der Waals surface area contributed by atoms with Crippen molar-refractivity contribution in [3.8, 4) is 5.75 Å². The Balaban J connectivity index is 1.62. The van der Waals surface area contributed by atoms with Crippen molar-refractivity contribution in [2.75, 3.05) is 0 Å². The van der Waals surface area contributed by atoms with Gasteiger partial charge in [0, 0.05) is 27.0 Å². The van der Waals surface area contributed by atoms with Crippen molar-refractivity contribution in [1.29, 1.82) is 0 Å². The van der Waals surface area contributed by atoms with Gasteiger partial charge in [-0.2, -0.15) is 5.10 Å². The second-order valence-electron chi connectivity index (χ2n) is 6.97. The summed E-state index contributed by atoms with van der Waals surface area (Å²) in [7, 11) is 0. The lowest BCUT2D eigenvalue weighted by Crippen LogP contribution is -2.33. The van der Waals surface area contributed by atoms with Crippen LogP contribution in [0.4, 0.5) is 4.39 Å². The Labute approximate surface area is 185 Å². The number of rotatable bonds is 2. The number of hydrogen-bond acceptors (Lipinski definition) is 3. The Kier molecular flexibility index (Phi) is 4.77. The maximum Gasteiger partial charge on any atom is 0.215 e. The number of benzene rings is 3. The fourth-order valence-corrected chi connectivity index (χ4v) is 4.66. The minimum atomic E-state index is -0.489. The van der Waals surface area contributed by atoms with Gasteiger partial charge in [-0.15, -0.1) is 0 Å². The summed E-state index contributed by atoms with van der Waals surface area (Å²) < 4.78 is 20.7. The summed E-state index contributed by atoms with van der Waals surface area (Å²) >= 11 is 16.1. The monoisotopic (exact) mass is 490 g/mol. The first-order chi connectivity index (χ1) is 14.0. The molecule has 146 valence electrons. The van der Waals surface area contributed by atoms with Crippen LogP contribution in [0.15, 0.2) is 70.2 Å². The van der Waals surface area contributed by atoms with Crippen LogP contribution in [0.3, 0.4) is 0 Å². The highest BCUT2D eigenvalue weighted by molar-refractivity contribution is 9.10. The maximum absolute atomic E-state index is 13.4. The smallest absolute Gasteiger partial charge is 0.215 e. The zero-order chi connectivity index (χ0) is 20.1. The predicted molar refractivity (Wildman–Crippen MR) is 116 cm³/mol. The van der Waals surface area contributed by atoms with Crippen LogP contribution in [0, 0.1) is 5.82 Å². The van der Waals surface area contributed by atoms with Crippen molar-refractivity contribution in [3.63, 3.8) is 0 Å². The lowest BCUT2D eigenvalue weighted by molar-refractivity contribution is -0.0190. The summed E-state index contributed by atoms with van der Waals surface area (Å²) in [5.41, 5.74) is 3.60. The third-order valence-corrected chi connectivity index (χ3v) is 6.21. The minimum Gasteiger partial charge on any atom is -0.464 e. The van der Waals surface area contributed by atoms with Gasteiger partial charge < -0.3 is 4.74 Å². The van der Waals surface area contributed by atoms with E-state index in [1.807, 2.05) is 23.2 Å². The van der Waals surface area contributed by atoms with Crippen LogP contribution >= 0.6 is 39.1 Å². The fourth-order valence-electron chi connectivity index (χ4n) is 3.78. The number of nitrogens with zero attached hydrogens (tertiary/aromatic N) is 2. The van der Waals surface area contributed by atoms with E-state index < -0.39 is 6.23 Å². The van der Waals surface area contributed by atoms with Gasteiger partial charge in [-0.1, -0.05) is 57.3 Å². The molecule has 2 aliphatic heterocycles. The summed E-state index contributed by atoms with van der Waals surface area (Å²) in [6, 6.07) is 17.7. The quantitative estimate of drug-likeness (QED) is 0.380. The molecule has 0 amide bonds. The molecule has 0 N–H and O–H groups in total. The average Bonchev–Trinajstić information content (AvgIpc) is 3.14. The predicted octanol–water partition coefficient (Wildman–Crippen LogP) is 7.14. The van der Waals surface area contributed by atoms with Gasteiger partial charge in [-0.25, -0.2) is 9.40 Å². The van der Waals surface area contributed by atoms with E-state index in [-0.39, 0.29) is 11.9 Å². The summed E-state index contributed by atoms with van der Waals surface area (Å²) in [6.07, 6.45) is 0.191. The molecule has 0 aromatic heterocycles. The second kappa shape index (κ2) is 7.31. The van der Waals surface area contributed by atoms with E-state index in [9.17, 15) is 4.39 Å². The van der Waals surface area contributed by atoms with Crippen molar-refractivity contribution in [2.24, 2.45) is 5.10 Å². The molecule has 3 aromatic carbocycles. The number of ether oxygens (including phenoxy) is 1. The molecule has 0 spiro atoms. The molecule has 29 heavy (non-hydrogen) atoms. The van der Waals surface area contributed by atoms with Crippen LogP contribution in [-0.4, -0.2) is 10.7 Å². The highest BCUT2D eigenvalue weighted by atomic mass is 79.9. The Morgan fingerprint density at radius 1 is 1.00 bits per heavy atom. The van der Waals surface area contributed by atoms with E-state index in [1.165, 1.54) is 12.1 Å². The summed E-state index contributed by atoms with van der Waals surface area (Å²) in [6.45, 7) is 0. The fraction of sp³-hybridized carbons (Fsp3) is 0.136. The van der Waals surface area contributed by atoms with Crippen LogP contribution in [-0.2, 0) is 0 Å². The van der Waals surface area contributed by atoms with Crippen molar-refractivity contribution < 1.29 is 9.13 Å². The topological polar surface area (TPSA) is 24.8 Å². The Morgan fingerprint density at radius 3 is 2.55 bits per heavy atom. The van der Waals surface area contributed by atoms with Gasteiger partial charge in [0.2, 0.25) is 6.23 Å². The molecule has 0 bridgehead atoms. The first-order valence-corrected chi connectivity index (χ1v) is 10.6. The number of fused-ring (bicyclic) bond motifs is 3. The molecule has 0 fully saturated rings. The molecule has 0 radical (unpaired) electrons. The van der Waals surface area contributed by atoms with E-state index in [0.717, 1.165) is 32.6 Å². The Morgan fingerprint density at radius 2 is 1.79 bits per heavy atom. The number of hydrazone groups is 1. The van der Waals surface area contributed by atoms with Gasteiger partial charge in [-0.05, 0) is 48.0 Å². The Hall–Kier alpha value is -2.08. The summed E-state index contributed by atoms with van der Waals surface area (Å²) in [5.74, 6) is 0.523. The average molecular weight is 492 g/mol. The van der Waals surface area contributed by atoms with Gasteiger partial charge in [-0.3, -0.25) is 0 Å².